The molecule has 1 aliphatic carbocycles. The highest BCUT2D eigenvalue weighted by molar-refractivity contribution is 7.01. The predicted octanol–water partition coefficient (Wildman–Crippen LogP) is 15.8. The van der Waals surface area contributed by atoms with Gasteiger partial charge in [-0.15, -0.1) is 0 Å². The van der Waals surface area contributed by atoms with Crippen LogP contribution in [0, 0.1) is 0 Å². The van der Waals surface area contributed by atoms with Crippen molar-refractivity contribution in [3.63, 3.8) is 0 Å². The Morgan fingerprint density at radius 3 is 1.43 bits per heavy atom. The van der Waals surface area contributed by atoms with E-state index in [1.54, 1.807) is 0 Å². The molecule has 0 N–H and O–H groups in total. The third-order valence-corrected chi connectivity index (χ3v) is 18.5. The zero-order valence-corrected chi connectivity index (χ0v) is 38.1. The van der Waals surface area contributed by atoms with E-state index in [2.05, 4.69) is 242 Å². The van der Waals surface area contributed by atoms with E-state index in [1.165, 1.54) is 54.9 Å². The minimum atomic E-state index is -2.19. The number of fused-ring (bicyclic) bond motifs is 17. The monoisotopic (exact) mass is 873 g/mol. The molecule has 4 heteroatoms. The van der Waals surface area contributed by atoms with Gasteiger partial charge in [-0.3, -0.25) is 0 Å². The quantitative estimate of drug-likeness (QED) is 0.161. The molecule has 0 fully saturated rings. The first-order valence-corrected chi connectivity index (χ1v) is 26.2. The fraction of sp³-hybridized carbons (Fsp3) is 0.0476. The number of nitrogens with zero attached hydrogens (tertiary/aromatic N) is 1. The first-order chi connectivity index (χ1) is 33.0. The Bertz CT molecular complexity index is 3810. The van der Waals surface area contributed by atoms with Gasteiger partial charge in [0.1, 0.15) is 30.4 Å². The Kier molecular flexibility index (Phi) is 8.06. The first-order valence-electron chi connectivity index (χ1n) is 23.2. The molecular weight excluding hydrogens is 831 g/mol. The second-order valence-corrected chi connectivity index (χ2v) is 23.0. The smallest absolute Gasteiger partial charge is 0.145 e. The van der Waals surface area contributed by atoms with Crippen LogP contribution in [0.2, 0.25) is 13.1 Å². The molecule has 0 saturated heterocycles. The van der Waals surface area contributed by atoms with Crippen LogP contribution >= 0.6 is 0 Å². The van der Waals surface area contributed by atoms with Gasteiger partial charge in [-0.2, -0.15) is 0 Å². The Balaban J connectivity index is 1.15. The van der Waals surface area contributed by atoms with Crippen LogP contribution in [0.4, 0.5) is 17.1 Å². The van der Waals surface area contributed by atoms with Gasteiger partial charge in [-0.05, 0) is 97.3 Å². The SMILES string of the molecule is C[Si]1(C)c2ccccc2C2(c3ccccc31)c1ccc3c(oc4ccccc43)c1-c1c2cc(N(c2ccc(-c3ccccc3)cc2)c2ccc(-c3ccccc3)cc2)c2c1oc1ccccc12. The number of para-hydroxylation sites is 2. The molecule has 3 nitrogen and oxygen atoms in total. The largest absolute Gasteiger partial charge is 0.455 e. The number of rotatable bonds is 5. The van der Waals surface area contributed by atoms with Crippen molar-refractivity contribution >= 4 is 79.4 Å². The second kappa shape index (κ2) is 14.2. The van der Waals surface area contributed by atoms with Gasteiger partial charge in [-0.25, -0.2) is 0 Å². The summed E-state index contributed by atoms with van der Waals surface area (Å²) in [5.41, 5.74) is 18.0. The summed E-state index contributed by atoms with van der Waals surface area (Å²) in [4.78, 5) is 2.46. The van der Waals surface area contributed by atoms with E-state index in [4.69, 9.17) is 8.83 Å². The van der Waals surface area contributed by atoms with Crippen LogP contribution in [0.25, 0.3) is 77.3 Å². The van der Waals surface area contributed by atoms with Crippen LogP contribution in [-0.2, 0) is 5.41 Å². The van der Waals surface area contributed by atoms with E-state index in [9.17, 15) is 0 Å². The summed E-state index contributed by atoms with van der Waals surface area (Å²) in [7, 11) is -2.19. The predicted molar refractivity (Wildman–Crippen MR) is 281 cm³/mol. The maximum absolute atomic E-state index is 7.38. The van der Waals surface area contributed by atoms with Crippen molar-refractivity contribution in [2.75, 3.05) is 4.90 Å². The molecule has 0 unspecified atom stereocenters. The highest BCUT2D eigenvalue weighted by Crippen LogP contribution is 2.63. The summed E-state index contributed by atoms with van der Waals surface area (Å²) in [5, 5.41) is 7.26. The molecule has 0 atom stereocenters. The molecule has 1 spiro atoms. The third-order valence-electron chi connectivity index (χ3n) is 14.9. The molecule has 14 rings (SSSR count). The van der Waals surface area contributed by atoms with Crippen LogP contribution in [0.15, 0.2) is 233 Å². The standard InChI is InChI=1S/C63H43NO2Si/c1-67(2)56-27-15-11-23-49(56)63(50-24-12-16-28-57(50)67)51-38-37-47-46-21-9-13-25-54(46)65-61(47)59(51)60-52(63)39-53(58-48-22-10-14-26-55(48)66-62(58)60)64(44-33-29-42(30-34-44)40-17-5-3-6-18-40)45-35-31-43(32-36-45)41-19-7-4-8-20-41/h3-39H,1-2H3. The first kappa shape index (κ1) is 38.1. The van der Waals surface area contributed by atoms with Crippen molar-refractivity contribution in [3.05, 3.63) is 247 Å². The lowest BCUT2D eigenvalue weighted by molar-refractivity contribution is 0.665. The molecule has 0 bridgehead atoms. The van der Waals surface area contributed by atoms with Gasteiger partial charge in [0.2, 0.25) is 0 Å². The van der Waals surface area contributed by atoms with Crippen molar-refractivity contribution < 1.29 is 8.83 Å². The summed E-state index contributed by atoms with van der Waals surface area (Å²) >= 11 is 0. The van der Waals surface area contributed by atoms with Crippen LogP contribution in [0.3, 0.4) is 0 Å². The lowest BCUT2D eigenvalue weighted by Crippen LogP contribution is -2.63. The van der Waals surface area contributed by atoms with Gasteiger partial charge >= 0.3 is 0 Å². The van der Waals surface area contributed by atoms with E-state index in [0.29, 0.717) is 0 Å². The Hall–Kier alpha value is -8.18. The molecule has 0 saturated carbocycles. The topological polar surface area (TPSA) is 29.5 Å². The molecule has 10 aromatic carbocycles. The highest BCUT2D eigenvalue weighted by Gasteiger charge is 2.55. The molecule has 12 aromatic rings. The average Bonchev–Trinajstić information content (AvgIpc) is 4.06. The van der Waals surface area contributed by atoms with Gasteiger partial charge in [-0.1, -0.05) is 195 Å². The van der Waals surface area contributed by atoms with E-state index in [0.717, 1.165) is 72.1 Å². The molecule has 0 amide bonds. The number of hydrogen-bond donors (Lipinski definition) is 0. The average molecular weight is 874 g/mol. The molecule has 3 heterocycles. The Morgan fingerprint density at radius 2 is 0.836 bits per heavy atom. The van der Waals surface area contributed by atoms with E-state index < -0.39 is 13.5 Å². The number of benzene rings is 10. The van der Waals surface area contributed by atoms with Gasteiger partial charge in [0, 0.05) is 38.7 Å². The maximum Gasteiger partial charge on any atom is 0.145 e. The van der Waals surface area contributed by atoms with Crippen LogP contribution in [-0.4, -0.2) is 8.07 Å². The molecule has 67 heavy (non-hydrogen) atoms. The van der Waals surface area contributed by atoms with Gasteiger partial charge in [0.15, 0.2) is 0 Å². The highest BCUT2D eigenvalue weighted by atomic mass is 28.3. The molecule has 2 aromatic heterocycles. The number of anilines is 3. The van der Waals surface area contributed by atoms with Crippen LogP contribution in [0.5, 0.6) is 0 Å². The molecular formula is C63H43NO2Si. The van der Waals surface area contributed by atoms with Gasteiger partial charge in [0.25, 0.3) is 0 Å². The number of furan rings is 2. The second-order valence-electron chi connectivity index (χ2n) is 18.7. The van der Waals surface area contributed by atoms with Crippen molar-refractivity contribution in [2.45, 2.75) is 18.5 Å². The maximum atomic E-state index is 7.38. The fourth-order valence-electron chi connectivity index (χ4n) is 12.0. The van der Waals surface area contributed by atoms with E-state index >= 15 is 0 Å². The van der Waals surface area contributed by atoms with Gasteiger partial charge < -0.3 is 13.7 Å². The van der Waals surface area contributed by atoms with Gasteiger partial charge in [0.05, 0.1) is 16.5 Å². The number of hydrogen-bond acceptors (Lipinski definition) is 3. The Labute approximate surface area is 389 Å². The summed E-state index contributed by atoms with van der Waals surface area (Å²) in [6.45, 7) is 5.04. The Morgan fingerprint density at radius 1 is 0.373 bits per heavy atom. The van der Waals surface area contributed by atoms with Crippen molar-refractivity contribution in [2.24, 2.45) is 0 Å². The fourth-order valence-corrected chi connectivity index (χ4v) is 15.2. The summed E-state index contributed by atoms with van der Waals surface area (Å²) in [5.74, 6) is 0. The summed E-state index contributed by atoms with van der Waals surface area (Å²) < 4.78 is 14.5. The van der Waals surface area contributed by atoms with Crippen LogP contribution < -0.4 is 15.3 Å². The molecule has 0 radical (unpaired) electrons. The minimum Gasteiger partial charge on any atom is -0.455 e. The molecule has 1 aliphatic heterocycles. The van der Waals surface area contributed by atoms with E-state index in [1.807, 2.05) is 0 Å². The normalized spacial score (nSPS) is 14.1. The lowest BCUT2D eigenvalue weighted by Gasteiger charge is -2.46. The minimum absolute atomic E-state index is 0.685. The zero-order chi connectivity index (χ0) is 44.4. The van der Waals surface area contributed by atoms with Crippen molar-refractivity contribution in [1.29, 1.82) is 0 Å². The van der Waals surface area contributed by atoms with Crippen LogP contribution in [0.1, 0.15) is 22.3 Å². The van der Waals surface area contributed by atoms with Crippen molar-refractivity contribution in [1.82, 2.24) is 0 Å². The summed E-state index contributed by atoms with van der Waals surface area (Å²) in [6, 6.07) is 82.2. The molecule has 2 aliphatic rings. The van der Waals surface area contributed by atoms with Crippen molar-refractivity contribution in [3.8, 4) is 33.4 Å². The third kappa shape index (κ3) is 5.27. The zero-order valence-electron chi connectivity index (χ0n) is 37.1. The van der Waals surface area contributed by atoms with E-state index in [-0.39, 0.29) is 0 Å². The lowest BCUT2D eigenvalue weighted by atomic mass is 9.67. The molecule has 316 valence electrons. The summed E-state index contributed by atoms with van der Waals surface area (Å²) in [6.07, 6.45) is 0.